The number of hydrogen-bond acceptors (Lipinski definition) is 0. The molecule has 0 amide bonds. The van der Waals surface area contributed by atoms with Crippen LogP contribution in [0.25, 0.3) is 0 Å². The van der Waals surface area contributed by atoms with Crippen molar-refractivity contribution >= 4 is 35.3 Å². The number of nitrogens with one attached hydrogen (secondary N) is 1. The van der Waals surface area contributed by atoms with Crippen molar-refractivity contribution in [1.29, 1.82) is 0 Å². The number of H-pyrrole nitrogens is 1. The minimum absolute atomic E-state index is 0.256. The summed E-state index contributed by atoms with van der Waals surface area (Å²) in [6, 6.07) is 2.21. The summed E-state index contributed by atoms with van der Waals surface area (Å²) in [4.78, 5) is 3.30. The van der Waals surface area contributed by atoms with Crippen LogP contribution in [-0.2, 0) is 0 Å². The topological polar surface area (TPSA) is 15.8 Å². The van der Waals surface area contributed by atoms with E-state index in [1.807, 2.05) is 0 Å². The third-order valence-corrected chi connectivity index (χ3v) is 3.38. The van der Waals surface area contributed by atoms with Gasteiger partial charge in [0.1, 0.15) is 0 Å². The van der Waals surface area contributed by atoms with Gasteiger partial charge in [0.25, 0.3) is 5.14 Å². The van der Waals surface area contributed by atoms with Crippen LogP contribution < -0.4 is 5.59 Å². The van der Waals surface area contributed by atoms with Crippen molar-refractivity contribution in [3.8, 4) is 0 Å². The van der Waals surface area contributed by atoms with Gasteiger partial charge in [-0.1, -0.05) is 0 Å². The molecule has 3 heteroatoms. The zero-order valence-electron chi connectivity index (χ0n) is 5.11. The van der Waals surface area contributed by atoms with Crippen LogP contribution in [0.4, 0.5) is 0 Å². The fraction of sp³-hybridized carbons (Fsp3) is 0.167. The summed E-state index contributed by atoms with van der Waals surface area (Å²) in [5.41, 5.74) is 4.04. The van der Waals surface area contributed by atoms with Gasteiger partial charge in [0, 0.05) is 5.69 Å². The fourth-order valence-electron chi connectivity index (χ4n) is 0.975. The van der Waals surface area contributed by atoms with Crippen molar-refractivity contribution in [3.63, 3.8) is 0 Å². The summed E-state index contributed by atoms with van der Waals surface area (Å²) >= 11 is 0.256. The Morgan fingerprint density at radius 3 is 3.33 bits per heavy atom. The summed E-state index contributed by atoms with van der Waals surface area (Å²) in [7, 11) is 0. The number of aromatic amines is 1. The molecule has 1 nitrogen and oxygen atoms in total. The molecule has 0 atom stereocenters. The van der Waals surface area contributed by atoms with Gasteiger partial charge in [-0.3, -0.25) is 0 Å². The minimum Gasteiger partial charge on any atom is -0.370 e. The van der Waals surface area contributed by atoms with Crippen molar-refractivity contribution < 1.29 is 0 Å². The molecule has 0 spiro atoms. The van der Waals surface area contributed by atoms with Crippen LogP contribution in [0.5, 0.6) is 0 Å². The zero-order chi connectivity index (χ0) is 6.27. The largest absolute Gasteiger partial charge is 0.370 e. The van der Waals surface area contributed by atoms with E-state index in [0.717, 1.165) is 0 Å². The molecule has 1 aliphatic rings. The number of fused-ring (bicyclic) bond motifs is 1. The van der Waals surface area contributed by atoms with Crippen LogP contribution in [0.15, 0.2) is 6.07 Å². The van der Waals surface area contributed by atoms with Crippen molar-refractivity contribution in [2.45, 2.75) is 6.92 Å². The molecule has 0 bridgehead atoms. The van der Waals surface area contributed by atoms with Gasteiger partial charge in [-0.2, -0.15) is 20.5 Å². The Morgan fingerprint density at radius 2 is 2.56 bits per heavy atom. The third kappa shape index (κ3) is 0.872. The Kier molecular flexibility index (Phi) is 1.25. The van der Waals surface area contributed by atoms with E-state index in [4.69, 9.17) is 0 Å². The lowest BCUT2D eigenvalue weighted by Crippen LogP contribution is -2.09. The maximum Gasteiger partial charge on any atom is 0.255 e. The summed E-state index contributed by atoms with van der Waals surface area (Å²) in [6.45, 7) is 2.10. The van der Waals surface area contributed by atoms with Crippen LogP contribution in [0.3, 0.4) is 0 Å². The predicted octanol–water partition coefficient (Wildman–Crippen LogP) is 0.702. The molecule has 2 heterocycles. The number of aromatic nitrogens is 1. The van der Waals surface area contributed by atoms with E-state index in [2.05, 4.69) is 27.1 Å². The molecular formula is C6H6BIN. The molecule has 45 valence electrons. The first-order valence-electron chi connectivity index (χ1n) is 2.84. The normalized spacial score (nSPS) is 14.3. The van der Waals surface area contributed by atoms with Gasteiger partial charge in [0.2, 0.25) is 0 Å². The maximum atomic E-state index is 3.30. The standard InChI is InChI=1S/C6H6BIN/c1-4-2-5-3-8-7-6(5)9-4/h2-3,9H,1H3. The molecule has 0 saturated carbocycles. The molecule has 0 unspecified atom stereocenters. The summed E-state index contributed by atoms with van der Waals surface area (Å²) in [5, 5.41) is 2.32. The molecular weight excluding hydrogens is 224 g/mol. The molecule has 1 radical (unpaired) electrons. The van der Waals surface area contributed by atoms with E-state index in [9.17, 15) is 0 Å². The third-order valence-electron chi connectivity index (χ3n) is 1.37. The monoisotopic (exact) mass is 230 g/mol. The van der Waals surface area contributed by atoms with Crippen LogP contribution in [0.2, 0.25) is 0 Å². The van der Waals surface area contributed by atoms with Crippen LogP contribution >= 0.6 is 20.5 Å². The quantitative estimate of drug-likeness (QED) is 0.498. The molecule has 1 aliphatic heterocycles. The van der Waals surface area contributed by atoms with Crippen LogP contribution in [0.1, 0.15) is 11.3 Å². The van der Waals surface area contributed by atoms with Crippen molar-refractivity contribution in [1.82, 2.24) is 4.98 Å². The van der Waals surface area contributed by atoms with Gasteiger partial charge in [-0.25, -0.2) is 0 Å². The van der Waals surface area contributed by atoms with Gasteiger partial charge in [0.15, 0.2) is 0 Å². The molecule has 0 fully saturated rings. The minimum atomic E-state index is 0.256. The molecule has 0 aliphatic carbocycles. The molecule has 1 aromatic heterocycles. The predicted molar refractivity (Wildman–Crippen MR) is 50.1 cm³/mol. The molecule has 9 heavy (non-hydrogen) atoms. The fourth-order valence-corrected chi connectivity index (χ4v) is 2.93. The first-order valence-corrected chi connectivity index (χ1v) is 5.33. The number of rotatable bonds is 0. The second-order valence-corrected chi connectivity index (χ2v) is 4.13. The van der Waals surface area contributed by atoms with Crippen molar-refractivity contribution in [2.75, 3.05) is 0 Å². The Morgan fingerprint density at radius 1 is 1.67 bits per heavy atom. The van der Waals surface area contributed by atoms with Crippen molar-refractivity contribution in [2.24, 2.45) is 0 Å². The SMILES string of the molecule is Cc1cc2c([nH]1)[B]I=C2. The lowest BCUT2D eigenvalue weighted by Gasteiger charge is -1.81. The van der Waals surface area contributed by atoms with E-state index in [-0.39, 0.29) is 20.5 Å². The molecule has 1 N–H and O–H groups in total. The van der Waals surface area contributed by atoms with E-state index < -0.39 is 0 Å². The highest BCUT2D eigenvalue weighted by molar-refractivity contribution is 14.2. The van der Waals surface area contributed by atoms with E-state index in [0.29, 0.717) is 0 Å². The number of halogens is 1. The highest BCUT2D eigenvalue weighted by atomic mass is 127. The Hall–Kier alpha value is -0.0551. The van der Waals surface area contributed by atoms with Crippen LogP contribution in [-0.4, -0.2) is 14.1 Å². The van der Waals surface area contributed by atoms with Gasteiger partial charge < -0.3 is 4.98 Å². The smallest absolute Gasteiger partial charge is 0.255 e. The lowest BCUT2D eigenvalue weighted by molar-refractivity contribution is 1.29. The number of hydrogen-bond donors (Lipinski definition) is 1. The summed E-state index contributed by atoms with van der Waals surface area (Å²) in [5.74, 6) is 0. The van der Waals surface area contributed by atoms with E-state index >= 15 is 0 Å². The Bertz CT molecular complexity index is 264. The highest BCUT2D eigenvalue weighted by Gasteiger charge is 2.07. The van der Waals surface area contributed by atoms with E-state index in [1.165, 1.54) is 16.9 Å². The van der Waals surface area contributed by atoms with Gasteiger partial charge in [-0.15, -0.1) is 0 Å². The summed E-state index contributed by atoms with van der Waals surface area (Å²) < 4.78 is 2.34. The van der Waals surface area contributed by atoms with Crippen molar-refractivity contribution in [3.05, 3.63) is 17.3 Å². The molecule has 1 aromatic rings. The first-order chi connectivity index (χ1) is 4.36. The lowest BCUT2D eigenvalue weighted by atomic mass is 10.0. The number of aryl methyl sites for hydroxylation is 1. The highest BCUT2D eigenvalue weighted by Crippen LogP contribution is 2.08. The zero-order valence-corrected chi connectivity index (χ0v) is 7.27. The second-order valence-electron chi connectivity index (χ2n) is 2.17. The molecule has 2 rings (SSSR count). The van der Waals surface area contributed by atoms with Gasteiger partial charge >= 0.3 is 0 Å². The second kappa shape index (κ2) is 1.97. The maximum absolute atomic E-state index is 3.30. The van der Waals surface area contributed by atoms with Gasteiger partial charge in [0.05, 0.1) is 0 Å². The Balaban J connectivity index is 2.61. The van der Waals surface area contributed by atoms with Gasteiger partial charge in [-0.05, 0) is 28.2 Å². The Labute approximate surface area is 64.6 Å². The average molecular weight is 230 g/mol. The van der Waals surface area contributed by atoms with E-state index in [1.54, 1.807) is 0 Å². The molecule has 0 saturated heterocycles. The average Bonchev–Trinajstić information content (AvgIpc) is 2.22. The first kappa shape index (κ1) is 5.71. The molecule has 0 aromatic carbocycles. The van der Waals surface area contributed by atoms with Crippen LogP contribution in [0, 0.1) is 6.92 Å². The summed E-state index contributed by atoms with van der Waals surface area (Å²) in [6.07, 6.45) is 0.